The smallest absolute Gasteiger partial charge is 0.262 e. The van der Waals surface area contributed by atoms with Crippen molar-refractivity contribution in [3.63, 3.8) is 0 Å². The Bertz CT molecular complexity index is 843. The van der Waals surface area contributed by atoms with Gasteiger partial charge in [0, 0.05) is 22.4 Å². The molecule has 7 nitrogen and oxygen atoms in total. The second-order valence-corrected chi connectivity index (χ2v) is 6.99. The Morgan fingerprint density at radius 1 is 0.964 bits per heavy atom. The van der Waals surface area contributed by atoms with E-state index in [1.807, 2.05) is 20.8 Å². The lowest BCUT2D eigenvalue weighted by Gasteiger charge is -2.24. The first-order chi connectivity index (χ1) is 13.2. The standard InChI is InChI=1S/C21H25N3O4/c1-4-21(2,3)24-20(27)15-5-9-16(10-6-15)23-18(25)13-28-17-11-7-14(8-12-17)19(22)26/h5-12H,4,13H2,1-3H3,(H2,22,26)(H,23,25)(H,24,27). The molecular weight excluding hydrogens is 358 g/mol. The van der Waals surface area contributed by atoms with Crippen LogP contribution < -0.4 is 21.1 Å². The fourth-order valence-corrected chi connectivity index (χ4v) is 2.23. The molecule has 2 aromatic rings. The Labute approximate surface area is 164 Å². The van der Waals surface area contributed by atoms with Gasteiger partial charge >= 0.3 is 0 Å². The van der Waals surface area contributed by atoms with Gasteiger partial charge in [0.1, 0.15) is 5.75 Å². The lowest BCUT2D eigenvalue weighted by molar-refractivity contribution is -0.118. The molecule has 0 bridgehead atoms. The largest absolute Gasteiger partial charge is 0.484 e. The van der Waals surface area contributed by atoms with Gasteiger partial charge in [0.2, 0.25) is 5.91 Å². The first-order valence-corrected chi connectivity index (χ1v) is 8.95. The highest BCUT2D eigenvalue weighted by Gasteiger charge is 2.18. The van der Waals surface area contributed by atoms with Gasteiger partial charge < -0.3 is 21.1 Å². The normalized spacial score (nSPS) is 10.8. The zero-order valence-corrected chi connectivity index (χ0v) is 16.2. The number of hydrogen-bond acceptors (Lipinski definition) is 4. The quantitative estimate of drug-likeness (QED) is 0.651. The maximum Gasteiger partial charge on any atom is 0.262 e. The Morgan fingerprint density at radius 3 is 2.07 bits per heavy atom. The number of nitrogens with two attached hydrogens (primary N) is 1. The van der Waals surface area contributed by atoms with Gasteiger partial charge in [-0.05, 0) is 68.8 Å². The van der Waals surface area contributed by atoms with Crippen molar-refractivity contribution < 1.29 is 19.1 Å². The molecule has 0 saturated carbocycles. The number of benzene rings is 2. The van der Waals surface area contributed by atoms with Crippen molar-refractivity contribution in [3.05, 3.63) is 59.7 Å². The van der Waals surface area contributed by atoms with Crippen molar-refractivity contribution >= 4 is 23.4 Å². The van der Waals surface area contributed by atoms with Crippen molar-refractivity contribution in [1.82, 2.24) is 5.32 Å². The van der Waals surface area contributed by atoms with Crippen molar-refractivity contribution in [3.8, 4) is 5.75 Å². The third-order valence-electron chi connectivity index (χ3n) is 4.28. The second kappa shape index (κ2) is 9.03. The number of amides is 3. The number of nitrogens with one attached hydrogen (secondary N) is 2. The molecule has 0 saturated heterocycles. The van der Waals surface area contributed by atoms with E-state index in [9.17, 15) is 14.4 Å². The van der Waals surface area contributed by atoms with Crippen molar-refractivity contribution in [2.24, 2.45) is 5.73 Å². The first-order valence-electron chi connectivity index (χ1n) is 8.95. The van der Waals surface area contributed by atoms with Crippen LogP contribution >= 0.6 is 0 Å². The summed E-state index contributed by atoms with van der Waals surface area (Å²) in [4.78, 5) is 35.3. The molecular formula is C21H25N3O4. The molecule has 0 aliphatic carbocycles. The predicted molar refractivity (Wildman–Crippen MR) is 107 cm³/mol. The number of hydrogen-bond donors (Lipinski definition) is 3. The van der Waals surface area contributed by atoms with Gasteiger partial charge in [0.15, 0.2) is 6.61 Å². The summed E-state index contributed by atoms with van der Waals surface area (Å²) in [6.07, 6.45) is 0.818. The maximum absolute atomic E-state index is 12.2. The molecule has 0 atom stereocenters. The zero-order valence-electron chi connectivity index (χ0n) is 16.2. The van der Waals surface area contributed by atoms with E-state index in [2.05, 4.69) is 10.6 Å². The third-order valence-corrected chi connectivity index (χ3v) is 4.28. The summed E-state index contributed by atoms with van der Waals surface area (Å²) in [5, 5.41) is 5.65. The zero-order chi connectivity index (χ0) is 20.7. The Balaban J connectivity index is 1.86. The van der Waals surface area contributed by atoms with Gasteiger partial charge in [-0.2, -0.15) is 0 Å². The number of anilines is 1. The first kappa shape index (κ1) is 21.0. The number of primary amides is 1. The van der Waals surface area contributed by atoms with E-state index in [0.717, 1.165) is 6.42 Å². The fraction of sp³-hybridized carbons (Fsp3) is 0.286. The molecule has 148 valence electrons. The van der Waals surface area contributed by atoms with E-state index in [1.165, 1.54) is 12.1 Å². The summed E-state index contributed by atoms with van der Waals surface area (Å²) >= 11 is 0. The van der Waals surface area contributed by atoms with Crippen molar-refractivity contribution in [1.29, 1.82) is 0 Å². The van der Waals surface area contributed by atoms with Crippen LogP contribution in [0.3, 0.4) is 0 Å². The van der Waals surface area contributed by atoms with Crippen molar-refractivity contribution in [2.75, 3.05) is 11.9 Å². The molecule has 2 rings (SSSR count). The summed E-state index contributed by atoms with van der Waals surface area (Å²) < 4.78 is 5.38. The van der Waals surface area contributed by atoms with E-state index in [4.69, 9.17) is 10.5 Å². The van der Waals surface area contributed by atoms with E-state index < -0.39 is 5.91 Å². The molecule has 0 aliphatic heterocycles. The van der Waals surface area contributed by atoms with Crippen LogP contribution in [-0.2, 0) is 4.79 Å². The summed E-state index contributed by atoms with van der Waals surface area (Å²) in [6.45, 7) is 5.73. The van der Waals surface area contributed by atoms with Crippen LogP contribution in [0.2, 0.25) is 0 Å². The molecule has 0 radical (unpaired) electrons. The van der Waals surface area contributed by atoms with Crippen LogP contribution in [0.5, 0.6) is 5.75 Å². The summed E-state index contributed by atoms with van der Waals surface area (Å²) in [7, 11) is 0. The molecule has 0 spiro atoms. The molecule has 0 heterocycles. The fourth-order valence-electron chi connectivity index (χ4n) is 2.23. The van der Waals surface area contributed by atoms with Gasteiger partial charge in [-0.3, -0.25) is 14.4 Å². The monoisotopic (exact) mass is 383 g/mol. The molecule has 28 heavy (non-hydrogen) atoms. The highest BCUT2D eigenvalue weighted by molar-refractivity contribution is 5.96. The topological polar surface area (TPSA) is 111 Å². The molecule has 0 fully saturated rings. The average Bonchev–Trinajstić information content (AvgIpc) is 2.67. The number of carbonyl (C=O) groups is 3. The van der Waals surface area contributed by atoms with Gasteiger partial charge in [-0.15, -0.1) is 0 Å². The average molecular weight is 383 g/mol. The van der Waals surface area contributed by atoms with Crippen LogP contribution in [0.4, 0.5) is 5.69 Å². The van der Waals surface area contributed by atoms with Gasteiger partial charge in [0.05, 0.1) is 0 Å². The van der Waals surface area contributed by atoms with Crippen LogP contribution in [0.1, 0.15) is 47.9 Å². The van der Waals surface area contributed by atoms with E-state index in [-0.39, 0.29) is 24.0 Å². The maximum atomic E-state index is 12.2. The third kappa shape index (κ3) is 6.12. The molecule has 3 amide bonds. The molecule has 0 aromatic heterocycles. The summed E-state index contributed by atoms with van der Waals surface area (Å²) in [5.74, 6) is -0.582. The minimum atomic E-state index is -0.528. The molecule has 0 unspecified atom stereocenters. The summed E-state index contributed by atoms with van der Waals surface area (Å²) in [6, 6.07) is 12.8. The summed E-state index contributed by atoms with van der Waals surface area (Å²) in [5.41, 5.74) is 6.33. The van der Waals surface area contributed by atoms with E-state index in [1.54, 1.807) is 36.4 Å². The number of rotatable bonds is 8. The van der Waals surface area contributed by atoms with Crippen LogP contribution in [-0.4, -0.2) is 29.9 Å². The van der Waals surface area contributed by atoms with Gasteiger partial charge in [-0.1, -0.05) is 6.92 Å². The van der Waals surface area contributed by atoms with Crippen LogP contribution in [0.15, 0.2) is 48.5 Å². The number of carbonyl (C=O) groups excluding carboxylic acids is 3. The highest BCUT2D eigenvalue weighted by atomic mass is 16.5. The van der Waals surface area contributed by atoms with E-state index in [0.29, 0.717) is 22.6 Å². The lowest BCUT2D eigenvalue weighted by atomic mass is 10.0. The van der Waals surface area contributed by atoms with Crippen LogP contribution in [0.25, 0.3) is 0 Å². The second-order valence-electron chi connectivity index (χ2n) is 6.99. The minimum Gasteiger partial charge on any atom is -0.484 e. The Hall–Kier alpha value is -3.35. The molecule has 4 N–H and O–H groups in total. The SMILES string of the molecule is CCC(C)(C)NC(=O)c1ccc(NC(=O)COc2ccc(C(N)=O)cc2)cc1. The highest BCUT2D eigenvalue weighted by Crippen LogP contribution is 2.14. The van der Waals surface area contributed by atoms with E-state index >= 15 is 0 Å². The minimum absolute atomic E-state index is 0.160. The number of ether oxygens (including phenoxy) is 1. The molecule has 0 aliphatic rings. The lowest BCUT2D eigenvalue weighted by Crippen LogP contribution is -2.42. The van der Waals surface area contributed by atoms with Gasteiger partial charge in [-0.25, -0.2) is 0 Å². The predicted octanol–water partition coefficient (Wildman–Crippen LogP) is 2.72. The molecule has 7 heteroatoms. The molecule has 2 aromatic carbocycles. The van der Waals surface area contributed by atoms with Crippen LogP contribution in [0, 0.1) is 0 Å². The van der Waals surface area contributed by atoms with Gasteiger partial charge in [0.25, 0.3) is 11.8 Å². The Kier molecular flexibility index (Phi) is 6.76. The van der Waals surface area contributed by atoms with Crippen molar-refractivity contribution in [2.45, 2.75) is 32.7 Å². The Morgan fingerprint density at radius 2 is 1.54 bits per heavy atom.